The Hall–Kier alpha value is -0.710. The molecule has 0 radical (unpaired) electrons. The highest BCUT2D eigenvalue weighted by Crippen LogP contribution is 2.34. The first-order chi connectivity index (χ1) is 6.65. The molecule has 1 aromatic rings. The summed E-state index contributed by atoms with van der Waals surface area (Å²) in [6.07, 6.45) is 0. The van der Waals surface area contributed by atoms with Gasteiger partial charge in [-0.3, -0.25) is 0 Å². The number of phenols is 1. The second-order valence-corrected chi connectivity index (χ2v) is 3.52. The minimum Gasteiger partial charge on any atom is -0.507 e. The van der Waals surface area contributed by atoms with Gasteiger partial charge in [0.1, 0.15) is 25.8 Å². The van der Waals surface area contributed by atoms with Gasteiger partial charge in [0.25, 0.3) is 0 Å². The number of halogens is 4. The summed E-state index contributed by atoms with van der Waals surface area (Å²) in [7, 11) is 0. The lowest BCUT2D eigenvalue weighted by atomic mass is 10.0. The van der Waals surface area contributed by atoms with E-state index >= 15 is 0 Å². The van der Waals surface area contributed by atoms with Gasteiger partial charge in [-0.1, -0.05) is 0 Å². The van der Waals surface area contributed by atoms with Crippen molar-refractivity contribution in [2.75, 3.05) is 0 Å². The predicted molar refractivity (Wildman–Crippen MR) is 50.2 cm³/mol. The maximum atomic E-state index is 12.5. The van der Waals surface area contributed by atoms with Crippen LogP contribution in [0.2, 0.25) is 0 Å². The molecule has 0 aliphatic rings. The number of phenolic OH excluding ortho intramolecular Hbond substituents is 1. The van der Waals surface area contributed by atoms with Crippen molar-refractivity contribution < 1.29 is 18.3 Å². The first kappa shape index (κ1) is 11.4. The first-order valence-corrected chi connectivity index (χ1v) is 4.65. The second-order valence-electron chi connectivity index (χ2n) is 2.73. The Labute approximate surface area is 87.7 Å². The van der Waals surface area contributed by atoms with Gasteiger partial charge in [0, 0.05) is 5.56 Å². The molecule has 0 fully saturated rings. The molecular formula is C9H8BrF3O. The third-order valence-electron chi connectivity index (χ3n) is 1.96. The van der Waals surface area contributed by atoms with E-state index in [4.69, 9.17) is 0 Å². The van der Waals surface area contributed by atoms with Gasteiger partial charge >= 0.3 is 0 Å². The summed E-state index contributed by atoms with van der Waals surface area (Å²) in [5, 5.41) is 9.26. The van der Waals surface area contributed by atoms with Crippen LogP contribution in [0, 0.1) is 0 Å². The van der Waals surface area contributed by atoms with Crippen molar-refractivity contribution >= 4 is 15.9 Å². The molecule has 0 spiro atoms. The summed E-state index contributed by atoms with van der Waals surface area (Å²) < 4.78 is 37.5. The summed E-state index contributed by atoms with van der Waals surface area (Å²) in [5.74, 6) is -0.275. The van der Waals surface area contributed by atoms with Crippen molar-refractivity contribution in [2.45, 2.75) is 20.0 Å². The standard InChI is InChI=1S/C9H8BrF3O/c10-9-7(4-13)6(3-12)5(2-11)1-8(9)14/h1,14H,2-4H2. The maximum absolute atomic E-state index is 12.5. The first-order valence-electron chi connectivity index (χ1n) is 3.85. The average Bonchev–Trinajstić information content (AvgIpc) is 2.20. The van der Waals surface area contributed by atoms with Gasteiger partial charge in [-0.05, 0) is 33.1 Å². The maximum Gasteiger partial charge on any atom is 0.130 e. The fourth-order valence-corrected chi connectivity index (χ4v) is 1.68. The van der Waals surface area contributed by atoms with Crippen LogP contribution in [0.3, 0.4) is 0 Å². The number of alkyl halides is 3. The van der Waals surface area contributed by atoms with Crippen molar-refractivity contribution in [1.29, 1.82) is 0 Å². The molecule has 1 aromatic carbocycles. The van der Waals surface area contributed by atoms with Crippen molar-refractivity contribution in [1.82, 2.24) is 0 Å². The van der Waals surface area contributed by atoms with Crippen LogP contribution in [0.25, 0.3) is 0 Å². The Morgan fingerprint density at radius 1 is 1.07 bits per heavy atom. The molecule has 0 aromatic heterocycles. The Morgan fingerprint density at radius 3 is 2.07 bits per heavy atom. The van der Waals surface area contributed by atoms with Crippen LogP contribution in [0.1, 0.15) is 16.7 Å². The Kier molecular flexibility index (Phi) is 3.80. The highest BCUT2D eigenvalue weighted by molar-refractivity contribution is 9.10. The fraction of sp³-hybridized carbons (Fsp3) is 0.333. The summed E-state index contributed by atoms with van der Waals surface area (Å²) in [6.45, 7) is -2.81. The Bertz CT molecular complexity index is 341. The zero-order chi connectivity index (χ0) is 10.7. The van der Waals surface area contributed by atoms with Crippen LogP contribution in [0.4, 0.5) is 13.2 Å². The van der Waals surface area contributed by atoms with Crippen LogP contribution in [-0.2, 0) is 20.0 Å². The summed E-state index contributed by atoms with van der Waals surface area (Å²) in [5.41, 5.74) is -0.0688. The van der Waals surface area contributed by atoms with Crippen LogP contribution in [0.15, 0.2) is 10.5 Å². The zero-order valence-electron chi connectivity index (χ0n) is 7.16. The van der Waals surface area contributed by atoms with Crippen LogP contribution in [-0.4, -0.2) is 5.11 Å². The molecular weight excluding hydrogens is 261 g/mol. The van der Waals surface area contributed by atoms with E-state index in [1.54, 1.807) is 0 Å². The highest BCUT2D eigenvalue weighted by atomic mass is 79.9. The van der Waals surface area contributed by atoms with Crippen LogP contribution >= 0.6 is 15.9 Å². The van der Waals surface area contributed by atoms with Crippen LogP contribution in [0.5, 0.6) is 5.75 Å². The SMILES string of the molecule is Oc1cc(CF)c(CF)c(CF)c1Br. The van der Waals surface area contributed by atoms with Crippen LogP contribution < -0.4 is 0 Å². The molecule has 0 atom stereocenters. The molecule has 0 unspecified atom stereocenters. The molecule has 0 saturated heterocycles. The molecule has 0 amide bonds. The molecule has 0 saturated carbocycles. The molecule has 0 aliphatic heterocycles. The molecule has 78 valence electrons. The van der Waals surface area contributed by atoms with Crippen molar-refractivity contribution in [2.24, 2.45) is 0 Å². The molecule has 5 heteroatoms. The van der Waals surface area contributed by atoms with E-state index in [0.717, 1.165) is 6.07 Å². The number of rotatable bonds is 3. The van der Waals surface area contributed by atoms with Gasteiger partial charge in [-0.25, -0.2) is 13.2 Å². The Balaban J connectivity index is 3.42. The van der Waals surface area contributed by atoms with Gasteiger partial charge in [-0.15, -0.1) is 0 Å². The zero-order valence-corrected chi connectivity index (χ0v) is 8.74. The van der Waals surface area contributed by atoms with Gasteiger partial charge in [0.2, 0.25) is 0 Å². The lowest BCUT2D eigenvalue weighted by Gasteiger charge is -2.11. The van der Waals surface area contributed by atoms with E-state index in [9.17, 15) is 18.3 Å². The van der Waals surface area contributed by atoms with Crippen molar-refractivity contribution in [3.05, 3.63) is 27.2 Å². The average molecular weight is 269 g/mol. The summed E-state index contributed by atoms with van der Waals surface area (Å²) in [6, 6.07) is 1.10. The largest absolute Gasteiger partial charge is 0.507 e. The van der Waals surface area contributed by atoms with Gasteiger partial charge in [-0.2, -0.15) is 0 Å². The lowest BCUT2D eigenvalue weighted by Crippen LogP contribution is -1.97. The molecule has 0 bridgehead atoms. The molecule has 1 rings (SSSR count). The quantitative estimate of drug-likeness (QED) is 0.889. The van der Waals surface area contributed by atoms with E-state index in [1.165, 1.54) is 0 Å². The number of hydrogen-bond acceptors (Lipinski definition) is 1. The lowest BCUT2D eigenvalue weighted by molar-refractivity contribution is 0.424. The highest BCUT2D eigenvalue weighted by Gasteiger charge is 2.15. The molecule has 0 heterocycles. The minimum absolute atomic E-state index is 0.0131. The summed E-state index contributed by atoms with van der Waals surface area (Å²) >= 11 is 2.92. The predicted octanol–water partition coefficient (Wildman–Crippen LogP) is 3.56. The van der Waals surface area contributed by atoms with E-state index in [0.29, 0.717) is 0 Å². The normalized spacial score (nSPS) is 10.6. The van der Waals surface area contributed by atoms with Gasteiger partial charge in [0.15, 0.2) is 0 Å². The van der Waals surface area contributed by atoms with Gasteiger partial charge < -0.3 is 5.11 Å². The number of benzene rings is 1. The monoisotopic (exact) mass is 268 g/mol. The third-order valence-corrected chi connectivity index (χ3v) is 2.85. The Morgan fingerprint density at radius 2 is 1.64 bits per heavy atom. The molecule has 14 heavy (non-hydrogen) atoms. The summed E-state index contributed by atoms with van der Waals surface area (Å²) in [4.78, 5) is 0. The second kappa shape index (κ2) is 4.68. The fourth-order valence-electron chi connectivity index (χ4n) is 1.22. The topological polar surface area (TPSA) is 20.2 Å². The van der Waals surface area contributed by atoms with Crippen molar-refractivity contribution in [3.8, 4) is 5.75 Å². The van der Waals surface area contributed by atoms with E-state index in [1.807, 2.05) is 0 Å². The molecule has 1 nitrogen and oxygen atoms in total. The van der Waals surface area contributed by atoms with Crippen molar-refractivity contribution in [3.63, 3.8) is 0 Å². The van der Waals surface area contributed by atoms with E-state index in [2.05, 4.69) is 15.9 Å². The number of aromatic hydroxyl groups is 1. The number of hydrogen-bond donors (Lipinski definition) is 1. The third kappa shape index (κ3) is 1.87. The van der Waals surface area contributed by atoms with E-state index < -0.39 is 20.0 Å². The molecule has 0 aliphatic carbocycles. The minimum atomic E-state index is -0.947. The van der Waals surface area contributed by atoms with Gasteiger partial charge in [0.05, 0.1) is 4.47 Å². The van der Waals surface area contributed by atoms with E-state index in [-0.39, 0.29) is 26.9 Å². The molecule has 1 N–H and O–H groups in total. The smallest absolute Gasteiger partial charge is 0.130 e.